The van der Waals surface area contributed by atoms with E-state index in [1.807, 2.05) is 36.5 Å². The van der Waals surface area contributed by atoms with E-state index < -0.39 is 11.9 Å². The Labute approximate surface area is 174 Å². The van der Waals surface area contributed by atoms with Gasteiger partial charge in [0, 0.05) is 36.9 Å². The minimum absolute atomic E-state index is 0.356. The van der Waals surface area contributed by atoms with Crippen molar-refractivity contribution in [3.05, 3.63) is 72.6 Å². The molecule has 1 aliphatic rings. The summed E-state index contributed by atoms with van der Waals surface area (Å²) in [5, 5.41) is 6.87. The van der Waals surface area contributed by atoms with Crippen molar-refractivity contribution in [1.82, 2.24) is 9.78 Å². The van der Waals surface area contributed by atoms with Crippen LogP contribution in [0.4, 0.5) is 11.4 Å². The second-order valence-electron chi connectivity index (χ2n) is 6.77. The van der Waals surface area contributed by atoms with Crippen LogP contribution in [0.1, 0.15) is 10.4 Å². The molecule has 1 saturated heterocycles. The van der Waals surface area contributed by atoms with Crippen LogP contribution in [-0.4, -0.2) is 54.6 Å². The highest BCUT2D eigenvalue weighted by molar-refractivity contribution is 5.95. The van der Waals surface area contributed by atoms with Gasteiger partial charge in [0.1, 0.15) is 0 Å². The minimum atomic E-state index is -0.556. The lowest BCUT2D eigenvalue weighted by Gasteiger charge is -2.28. The highest BCUT2D eigenvalue weighted by Crippen LogP contribution is 2.19. The lowest BCUT2D eigenvalue weighted by atomic mass is 10.2. The SMILES string of the molecule is O=C(COC(=O)c1ccc(-n2cccn2)cc1)Nc1ccc(N2CCOCC2)cc1. The van der Waals surface area contributed by atoms with E-state index in [1.165, 1.54) is 0 Å². The maximum Gasteiger partial charge on any atom is 0.338 e. The van der Waals surface area contributed by atoms with Crippen LogP contribution < -0.4 is 10.2 Å². The van der Waals surface area contributed by atoms with Crippen LogP contribution in [-0.2, 0) is 14.3 Å². The smallest absolute Gasteiger partial charge is 0.338 e. The first-order chi connectivity index (χ1) is 14.7. The normalized spacial score (nSPS) is 13.7. The Morgan fingerprint density at radius 1 is 1.00 bits per heavy atom. The second kappa shape index (κ2) is 9.23. The Bertz CT molecular complexity index is 979. The molecule has 0 atom stereocenters. The first-order valence-electron chi connectivity index (χ1n) is 9.69. The molecule has 1 aromatic heterocycles. The van der Waals surface area contributed by atoms with Crippen LogP contribution >= 0.6 is 0 Å². The average Bonchev–Trinajstić information content (AvgIpc) is 3.34. The molecule has 0 radical (unpaired) electrons. The van der Waals surface area contributed by atoms with Gasteiger partial charge in [-0.25, -0.2) is 9.48 Å². The van der Waals surface area contributed by atoms with E-state index in [-0.39, 0.29) is 6.61 Å². The van der Waals surface area contributed by atoms with Gasteiger partial charge < -0.3 is 19.7 Å². The summed E-state index contributed by atoms with van der Waals surface area (Å²) >= 11 is 0. The van der Waals surface area contributed by atoms with Gasteiger partial charge in [-0.15, -0.1) is 0 Å². The molecule has 0 aliphatic carbocycles. The zero-order chi connectivity index (χ0) is 20.8. The van der Waals surface area contributed by atoms with Crippen molar-refractivity contribution >= 4 is 23.3 Å². The molecule has 2 aromatic carbocycles. The molecule has 1 aliphatic heterocycles. The molecule has 8 heteroatoms. The molecule has 2 heterocycles. The number of nitrogens with one attached hydrogen (secondary N) is 1. The number of anilines is 2. The van der Waals surface area contributed by atoms with Crippen molar-refractivity contribution in [3.8, 4) is 5.69 Å². The minimum Gasteiger partial charge on any atom is -0.452 e. The molecule has 1 N–H and O–H groups in total. The number of aromatic nitrogens is 2. The molecule has 4 rings (SSSR count). The summed E-state index contributed by atoms with van der Waals surface area (Å²) in [5.74, 6) is -0.949. The van der Waals surface area contributed by atoms with Crippen LogP contribution in [0.5, 0.6) is 0 Å². The molecule has 0 spiro atoms. The number of benzene rings is 2. The zero-order valence-corrected chi connectivity index (χ0v) is 16.4. The molecule has 30 heavy (non-hydrogen) atoms. The molecule has 0 bridgehead atoms. The van der Waals surface area contributed by atoms with Crippen molar-refractivity contribution in [2.45, 2.75) is 0 Å². The summed E-state index contributed by atoms with van der Waals surface area (Å²) in [6, 6.07) is 16.2. The van der Waals surface area contributed by atoms with Crippen molar-refractivity contribution in [1.29, 1.82) is 0 Å². The summed E-state index contributed by atoms with van der Waals surface area (Å²) in [5.41, 5.74) is 2.93. The second-order valence-corrected chi connectivity index (χ2v) is 6.77. The highest BCUT2D eigenvalue weighted by atomic mass is 16.5. The third kappa shape index (κ3) is 4.84. The molecular formula is C22H22N4O4. The molecular weight excluding hydrogens is 384 g/mol. The predicted octanol–water partition coefficient (Wildman–Crippen LogP) is 2.50. The van der Waals surface area contributed by atoms with Crippen molar-refractivity contribution in [3.63, 3.8) is 0 Å². The Balaban J connectivity index is 1.26. The number of amides is 1. The van der Waals surface area contributed by atoms with Crippen LogP contribution in [0, 0.1) is 0 Å². The number of rotatable bonds is 6. The molecule has 0 saturated carbocycles. The summed E-state index contributed by atoms with van der Waals surface area (Å²) in [7, 11) is 0. The number of carbonyl (C=O) groups excluding carboxylic acids is 2. The first-order valence-corrected chi connectivity index (χ1v) is 9.69. The maximum absolute atomic E-state index is 12.2. The molecule has 0 unspecified atom stereocenters. The largest absolute Gasteiger partial charge is 0.452 e. The van der Waals surface area contributed by atoms with Gasteiger partial charge in [0.25, 0.3) is 5.91 Å². The van der Waals surface area contributed by atoms with Crippen LogP contribution in [0.3, 0.4) is 0 Å². The first kappa shape index (κ1) is 19.7. The van der Waals surface area contributed by atoms with Crippen molar-refractivity contribution < 1.29 is 19.1 Å². The van der Waals surface area contributed by atoms with Gasteiger partial charge in [-0.1, -0.05) is 0 Å². The third-order valence-electron chi connectivity index (χ3n) is 4.73. The van der Waals surface area contributed by atoms with E-state index in [1.54, 1.807) is 35.1 Å². The maximum atomic E-state index is 12.2. The van der Waals surface area contributed by atoms with Crippen molar-refractivity contribution in [2.75, 3.05) is 43.1 Å². The van der Waals surface area contributed by atoms with E-state index >= 15 is 0 Å². The summed E-state index contributed by atoms with van der Waals surface area (Å²) < 4.78 is 12.2. The van der Waals surface area contributed by atoms with E-state index in [4.69, 9.17) is 9.47 Å². The van der Waals surface area contributed by atoms with Crippen LogP contribution in [0.2, 0.25) is 0 Å². The van der Waals surface area contributed by atoms with Crippen molar-refractivity contribution in [2.24, 2.45) is 0 Å². The fourth-order valence-corrected chi connectivity index (χ4v) is 3.16. The van der Waals surface area contributed by atoms with Gasteiger partial charge >= 0.3 is 5.97 Å². The number of hydrogen-bond donors (Lipinski definition) is 1. The number of esters is 1. The van der Waals surface area contributed by atoms with Gasteiger partial charge in [0.15, 0.2) is 6.61 Å². The standard InChI is InChI=1S/C22H22N4O4/c27-21(24-18-4-8-19(9-5-18)25-12-14-29-15-13-25)16-30-22(28)17-2-6-20(7-3-17)26-11-1-10-23-26/h1-11H,12-16H2,(H,24,27). The number of nitrogens with zero attached hydrogens (tertiary/aromatic N) is 3. The van der Waals surface area contributed by atoms with Crippen LogP contribution in [0.25, 0.3) is 5.69 Å². The molecule has 3 aromatic rings. The van der Waals surface area contributed by atoms with Gasteiger partial charge in [-0.05, 0) is 54.6 Å². The average molecular weight is 406 g/mol. The molecule has 154 valence electrons. The predicted molar refractivity (Wildman–Crippen MR) is 112 cm³/mol. The fraction of sp³-hybridized carbons (Fsp3) is 0.227. The Morgan fingerprint density at radius 3 is 2.37 bits per heavy atom. The number of hydrogen-bond acceptors (Lipinski definition) is 6. The number of carbonyl (C=O) groups is 2. The van der Waals surface area contributed by atoms with Gasteiger partial charge in [0.2, 0.25) is 0 Å². The quantitative estimate of drug-likeness (QED) is 0.633. The lowest BCUT2D eigenvalue weighted by molar-refractivity contribution is -0.119. The van der Waals surface area contributed by atoms with Crippen LogP contribution in [0.15, 0.2) is 67.0 Å². The van der Waals surface area contributed by atoms with Gasteiger partial charge in [-0.3, -0.25) is 4.79 Å². The fourth-order valence-electron chi connectivity index (χ4n) is 3.16. The zero-order valence-electron chi connectivity index (χ0n) is 16.4. The van der Waals surface area contributed by atoms with E-state index in [0.29, 0.717) is 11.3 Å². The molecule has 8 nitrogen and oxygen atoms in total. The number of morpholine rings is 1. The monoisotopic (exact) mass is 406 g/mol. The summed E-state index contributed by atoms with van der Waals surface area (Å²) in [4.78, 5) is 26.5. The van der Waals surface area contributed by atoms with E-state index in [0.717, 1.165) is 37.7 Å². The van der Waals surface area contributed by atoms with E-state index in [9.17, 15) is 9.59 Å². The van der Waals surface area contributed by atoms with Gasteiger partial charge in [-0.2, -0.15) is 5.10 Å². The topological polar surface area (TPSA) is 85.7 Å². The summed E-state index contributed by atoms with van der Waals surface area (Å²) in [6.45, 7) is 2.78. The summed E-state index contributed by atoms with van der Waals surface area (Å²) in [6.07, 6.45) is 3.49. The molecule has 1 amide bonds. The lowest BCUT2D eigenvalue weighted by Crippen LogP contribution is -2.36. The third-order valence-corrected chi connectivity index (χ3v) is 4.73. The van der Waals surface area contributed by atoms with E-state index in [2.05, 4.69) is 15.3 Å². The Morgan fingerprint density at radius 2 is 1.70 bits per heavy atom. The Kier molecular flexibility index (Phi) is 6.05. The highest BCUT2D eigenvalue weighted by Gasteiger charge is 2.13. The Hall–Kier alpha value is -3.65. The van der Waals surface area contributed by atoms with Gasteiger partial charge in [0.05, 0.1) is 24.5 Å². The number of ether oxygens (including phenoxy) is 2. The molecule has 1 fully saturated rings.